The molecule has 10 heteroatoms. The normalized spacial score (nSPS) is 13.6. The molecule has 9 nitrogen and oxygen atoms in total. The summed E-state index contributed by atoms with van der Waals surface area (Å²) in [7, 11) is 0. The highest BCUT2D eigenvalue weighted by Crippen LogP contribution is 2.26. The number of ether oxygens (including phenoxy) is 2. The maximum absolute atomic E-state index is 14.3. The van der Waals surface area contributed by atoms with Crippen LogP contribution >= 0.6 is 12.6 Å². The monoisotopic (exact) mass is 625 g/mol. The molecule has 3 amide bonds. The number of aryl methyl sites for hydroxylation is 2. The second-order valence-electron chi connectivity index (χ2n) is 12.7. The Morgan fingerprint density at radius 2 is 1.50 bits per heavy atom. The molecule has 2 N–H and O–H groups in total. The molecule has 0 aromatic heterocycles. The Labute approximate surface area is 267 Å². The molecule has 240 valence electrons. The van der Waals surface area contributed by atoms with Crippen LogP contribution in [-0.4, -0.2) is 64.4 Å². The van der Waals surface area contributed by atoms with E-state index in [0.717, 1.165) is 16.7 Å². The third kappa shape index (κ3) is 11.4. The van der Waals surface area contributed by atoms with Crippen molar-refractivity contribution in [1.82, 2.24) is 15.5 Å². The van der Waals surface area contributed by atoms with E-state index in [0.29, 0.717) is 5.56 Å². The number of hydrogen-bond acceptors (Lipinski definition) is 7. The van der Waals surface area contributed by atoms with Crippen LogP contribution in [0, 0.1) is 13.8 Å². The maximum Gasteiger partial charge on any atom is 0.408 e. The first-order valence-corrected chi connectivity index (χ1v) is 15.2. The van der Waals surface area contributed by atoms with Crippen molar-refractivity contribution >= 4 is 36.5 Å². The summed E-state index contributed by atoms with van der Waals surface area (Å²) in [6, 6.07) is 11.4. The van der Waals surface area contributed by atoms with Gasteiger partial charge in [-0.25, -0.2) is 9.59 Å². The third-order valence-corrected chi connectivity index (χ3v) is 6.84. The summed E-state index contributed by atoms with van der Waals surface area (Å²) >= 11 is 4.31. The molecule has 44 heavy (non-hydrogen) atoms. The molecule has 2 aromatic carbocycles. The first kappa shape index (κ1) is 36.4. The predicted octanol–water partition coefficient (Wildman–Crippen LogP) is 5.25. The predicted molar refractivity (Wildman–Crippen MR) is 175 cm³/mol. The minimum absolute atomic E-state index is 0.0279. The number of amides is 3. The van der Waals surface area contributed by atoms with Crippen LogP contribution in [0.3, 0.4) is 0 Å². The van der Waals surface area contributed by atoms with E-state index in [1.807, 2.05) is 56.3 Å². The lowest BCUT2D eigenvalue weighted by atomic mass is 9.97. The molecule has 0 fully saturated rings. The average Bonchev–Trinajstić information content (AvgIpc) is 2.91. The van der Waals surface area contributed by atoms with Crippen molar-refractivity contribution in [1.29, 1.82) is 0 Å². The van der Waals surface area contributed by atoms with Crippen molar-refractivity contribution in [2.75, 3.05) is 12.3 Å². The maximum atomic E-state index is 14.3. The molecule has 0 heterocycles. The zero-order valence-corrected chi connectivity index (χ0v) is 28.0. The summed E-state index contributed by atoms with van der Waals surface area (Å²) in [5.74, 6) is -1.82. The smallest absolute Gasteiger partial charge is 0.408 e. The average molecular weight is 626 g/mol. The van der Waals surface area contributed by atoms with E-state index < -0.39 is 53.2 Å². The van der Waals surface area contributed by atoms with Crippen molar-refractivity contribution in [3.63, 3.8) is 0 Å². The highest BCUT2D eigenvalue weighted by Gasteiger charge is 2.37. The minimum Gasteiger partial charge on any atom is -0.458 e. The number of benzene rings is 2. The van der Waals surface area contributed by atoms with Crippen LogP contribution in [0.4, 0.5) is 4.79 Å². The Hall–Kier alpha value is -3.79. The van der Waals surface area contributed by atoms with Crippen molar-refractivity contribution in [3.05, 3.63) is 83.4 Å². The molecule has 3 atom stereocenters. The molecule has 0 saturated heterocycles. The Morgan fingerprint density at radius 1 is 0.886 bits per heavy atom. The molecule has 0 bridgehead atoms. The Morgan fingerprint density at radius 3 is 2.02 bits per heavy atom. The number of nitrogens with one attached hydrogen (secondary N) is 2. The first-order valence-electron chi connectivity index (χ1n) is 14.6. The van der Waals surface area contributed by atoms with Gasteiger partial charge in [0.25, 0.3) is 0 Å². The fourth-order valence-corrected chi connectivity index (χ4v) is 4.62. The summed E-state index contributed by atoms with van der Waals surface area (Å²) < 4.78 is 11.0. The molecular weight excluding hydrogens is 578 g/mol. The number of nitrogens with zero attached hydrogens (tertiary/aromatic N) is 1. The largest absolute Gasteiger partial charge is 0.458 e. The van der Waals surface area contributed by atoms with Gasteiger partial charge in [-0.15, -0.1) is 6.58 Å². The van der Waals surface area contributed by atoms with Crippen molar-refractivity contribution in [2.24, 2.45) is 0 Å². The van der Waals surface area contributed by atoms with E-state index in [2.05, 4.69) is 29.8 Å². The minimum atomic E-state index is -1.18. The van der Waals surface area contributed by atoms with E-state index in [-0.39, 0.29) is 18.7 Å². The lowest BCUT2D eigenvalue weighted by Crippen LogP contribution is -2.55. The van der Waals surface area contributed by atoms with Gasteiger partial charge in [0.1, 0.15) is 29.3 Å². The lowest BCUT2D eigenvalue weighted by Gasteiger charge is -2.34. The van der Waals surface area contributed by atoms with Crippen LogP contribution in [0.1, 0.15) is 69.8 Å². The van der Waals surface area contributed by atoms with Gasteiger partial charge in [-0.2, -0.15) is 12.6 Å². The number of thiol groups is 1. The second kappa shape index (κ2) is 15.8. The SMILES string of the molecule is C=CCN(C(=O)C(CS)NC(=O)OC(C)(C)C)C(C(=O)NC(Cc1ccccc1)C(=O)OC(C)(C)C)c1ccc(C)c(C)c1. The molecule has 0 aliphatic carbocycles. The van der Waals surface area contributed by atoms with Gasteiger partial charge in [-0.3, -0.25) is 9.59 Å². The van der Waals surface area contributed by atoms with Gasteiger partial charge in [-0.05, 0) is 77.6 Å². The number of esters is 1. The van der Waals surface area contributed by atoms with Crippen LogP contribution in [0.2, 0.25) is 0 Å². The standard InChI is InChI=1S/C34H47N3O6S/c1-10-18-37(30(39)27(21-44)36-32(41)43-34(7,8)9)28(25-17-16-22(2)23(3)19-25)29(38)35-26(31(40)42-33(4,5)6)20-24-14-12-11-13-15-24/h10-17,19,26-28,44H,1,18,20-21H2,2-9H3,(H,35,38)(H,36,41). The van der Waals surface area contributed by atoms with Crippen molar-refractivity contribution in [3.8, 4) is 0 Å². The fraction of sp³-hybridized carbons (Fsp3) is 0.471. The first-order chi connectivity index (χ1) is 20.5. The van der Waals surface area contributed by atoms with Crippen molar-refractivity contribution < 1.29 is 28.7 Å². The molecule has 0 radical (unpaired) electrons. The molecule has 2 rings (SSSR count). The van der Waals surface area contributed by atoms with E-state index >= 15 is 0 Å². The topological polar surface area (TPSA) is 114 Å². The summed E-state index contributed by atoms with van der Waals surface area (Å²) in [5.41, 5.74) is 1.69. The zero-order valence-electron chi connectivity index (χ0n) is 27.1. The van der Waals surface area contributed by atoms with Gasteiger partial charge >= 0.3 is 12.1 Å². The number of carbonyl (C=O) groups is 4. The molecule has 0 aliphatic heterocycles. The van der Waals surface area contributed by atoms with Crippen LogP contribution in [0.5, 0.6) is 0 Å². The molecular formula is C34H47N3O6S. The fourth-order valence-electron chi connectivity index (χ4n) is 4.37. The molecule has 0 saturated carbocycles. The summed E-state index contributed by atoms with van der Waals surface area (Å²) in [4.78, 5) is 55.6. The van der Waals surface area contributed by atoms with Crippen molar-refractivity contribution in [2.45, 2.75) is 91.1 Å². The number of hydrogen-bond donors (Lipinski definition) is 3. The number of alkyl carbamates (subject to hydrolysis) is 1. The van der Waals surface area contributed by atoms with Gasteiger partial charge in [-0.1, -0.05) is 54.6 Å². The summed E-state index contributed by atoms with van der Waals surface area (Å²) in [6.45, 7) is 18.0. The zero-order chi connectivity index (χ0) is 33.2. The highest BCUT2D eigenvalue weighted by molar-refractivity contribution is 7.80. The van der Waals surface area contributed by atoms with Crippen LogP contribution in [-0.2, 0) is 30.3 Å². The van der Waals surface area contributed by atoms with Crippen LogP contribution in [0.25, 0.3) is 0 Å². The number of carbonyl (C=O) groups excluding carboxylic acids is 4. The molecule has 0 aliphatic rings. The van der Waals surface area contributed by atoms with Crippen LogP contribution in [0.15, 0.2) is 61.2 Å². The number of rotatable bonds is 12. The Balaban J connectivity index is 2.56. The quantitative estimate of drug-likeness (QED) is 0.169. The summed E-state index contributed by atoms with van der Waals surface area (Å²) in [5, 5.41) is 5.45. The Kier molecular flexibility index (Phi) is 13.1. The highest BCUT2D eigenvalue weighted by atomic mass is 32.1. The van der Waals surface area contributed by atoms with Gasteiger partial charge in [0, 0.05) is 18.7 Å². The van der Waals surface area contributed by atoms with Gasteiger partial charge in [0.15, 0.2) is 0 Å². The molecule has 2 aromatic rings. The molecule has 3 unspecified atom stereocenters. The summed E-state index contributed by atoms with van der Waals surface area (Å²) in [6.07, 6.45) is 0.886. The van der Waals surface area contributed by atoms with E-state index in [9.17, 15) is 19.2 Å². The van der Waals surface area contributed by atoms with Gasteiger partial charge in [0.2, 0.25) is 11.8 Å². The van der Waals surface area contributed by atoms with Crippen LogP contribution < -0.4 is 10.6 Å². The van der Waals surface area contributed by atoms with E-state index in [4.69, 9.17) is 9.47 Å². The van der Waals surface area contributed by atoms with E-state index in [1.165, 1.54) is 11.0 Å². The lowest BCUT2D eigenvalue weighted by molar-refractivity contribution is -0.159. The van der Waals surface area contributed by atoms with E-state index in [1.54, 1.807) is 47.6 Å². The molecule has 0 spiro atoms. The van der Waals surface area contributed by atoms with Gasteiger partial charge < -0.3 is 25.0 Å². The Bertz CT molecular complexity index is 1320. The third-order valence-electron chi connectivity index (χ3n) is 6.48. The second-order valence-corrected chi connectivity index (χ2v) is 13.1. The van der Waals surface area contributed by atoms with Gasteiger partial charge in [0.05, 0.1) is 0 Å².